The Morgan fingerprint density at radius 3 is 2.29 bits per heavy atom. The number of imide groups is 1. The van der Waals surface area contributed by atoms with Gasteiger partial charge in [0.15, 0.2) is 11.5 Å². The third-order valence-corrected chi connectivity index (χ3v) is 16.3. The van der Waals surface area contributed by atoms with E-state index in [1.165, 1.54) is 7.11 Å². The van der Waals surface area contributed by atoms with Gasteiger partial charge in [-0.05, 0) is 88.3 Å². The Morgan fingerprint density at radius 1 is 0.805 bits per heavy atom. The number of aliphatic hydroxyl groups is 1. The van der Waals surface area contributed by atoms with Crippen LogP contribution in [0.3, 0.4) is 0 Å². The van der Waals surface area contributed by atoms with Gasteiger partial charge in [-0.3, -0.25) is 24.2 Å². The van der Waals surface area contributed by atoms with Gasteiger partial charge in [-0.1, -0.05) is 122 Å². The molecule has 6 heterocycles. The lowest BCUT2D eigenvalue weighted by Gasteiger charge is -2.46. The first-order valence-electron chi connectivity index (χ1n) is 27.4. The number of hydrogen-bond acceptors (Lipinski definition) is 15. The van der Waals surface area contributed by atoms with Gasteiger partial charge in [0.05, 0.1) is 42.9 Å². The maximum Gasteiger partial charge on any atom is 0.329 e. The third-order valence-electron chi connectivity index (χ3n) is 16.3. The van der Waals surface area contributed by atoms with E-state index in [2.05, 4.69) is 32.4 Å². The van der Waals surface area contributed by atoms with E-state index in [1.54, 1.807) is 59.8 Å². The summed E-state index contributed by atoms with van der Waals surface area (Å²) in [5.41, 5.74) is 3.02. The van der Waals surface area contributed by atoms with Gasteiger partial charge in [0.1, 0.15) is 48.0 Å². The maximum atomic E-state index is 17.1. The number of piperazine rings is 1. The topological polar surface area (TPSA) is 207 Å². The predicted octanol–water partition coefficient (Wildman–Crippen LogP) is 6.50. The summed E-state index contributed by atoms with van der Waals surface area (Å²) in [7, 11) is 1.22. The lowest BCUT2D eigenvalue weighted by Crippen LogP contribution is -2.59. The first kappa shape index (κ1) is 53.5. The van der Waals surface area contributed by atoms with Crippen LogP contribution in [0, 0.1) is 23.7 Å². The lowest BCUT2D eigenvalue weighted by atomic mass is 9.64. The predicted molar refractivity (Wildman–Crippen MR) is 299 cm³/mol. The molecule has 19 heteroatoms. The second kappa shape index (κ2) is 22.4. The molecule has 3 saturated heterocycles. The summed E-state index contributed by atoms with van der Waals surface area (Å²) >= 11 is 0. The molecule has 1 aromatic heterocycles. The van der Waals surface area contributed by atoms with Crippen LogP contribution in [0.5, 0.6) is 17.2 Å². The summed E-state index contributed by atoms with van der Waals surface area (Å²) in [5, 5.41) is 21.4. The molecular weight excluding hydrogens is 1040 g/mol. The first-order valence-corrected chi connectivity index (χ1v) is 27.4. The number of anilines is 1. The number of carbonyl (C=O) groups excluding carboxylic acids is 5. The van der Waals surface area contributed by atoms with Crippen molar-refractivity contribution in [3.05, 3.63) is 179 Å². The zero-order chi connectivity index (χ0) is 56.6. The number of amides is 4. The molecule has 5 aliphatic rings. The van der Waals surface area contributed by atoms with Gasteiger partial charge >= 0.3 is 18.0 Å². The van der Waals surface area contributed by atoms with Crippen LogP contribution < -0.4 is 24.4 Å². The van der Waals surface area contributed by atoms with Crippen molar-refractivity contribution in [3.8, 4) is 29.1 Å². The van der Waals surface area contributed by atoms with Crippen molar-refractivity contribution in [1.29, 1.82) is 0 Å². The zero-order valence-electron chi connectivity index (χ0n) is 45.4. The average Bonchev–Trinajstić information content (AvgIpc) is 1.97. The Labute approximate surface area is 473 Å². The van der Waals surface area contributed by atoms with Gasteiger partial charge in [-0.2, -0.15) is 0 Å². The number of fused-ring (bicyclic) bond motifs is 5. The second-order valence-electron chi connectivity index (χ2n) is 21.3. The molecule has 7 aromatic rings. The summed E-state index contributed by atoms with van der Waals surface area (Å²) in [6.45, 7) is 5.34. The van der Waals surface area contributed by atoms with Gasteiger partial charge < -0.3 is 39.0 Å². The molecule has 5 aliphatic heterocycles. The normalized spacial score (nSPS) is 22.3. The van der Waals surface area contributed by atoms with Crippen molar-refractivity contribution in [3.63, 3.8) is 0 Å². The van der Waals surface area contributed by atoms with E-state index in [-0.39, 0.29) is 50.9 Å². The maximum absolute atomic E-state index is 17.1. The van der Waals surface area contributed by atoms with E-state index in [4.69, 9.17) is 23.7 Å². The molecule has 19 nitrogen and oxygen atoms in total. The summed E-state index contributed by atoms with van der Waals surface area (Å²) in [5.74, 6) is 3.38. The van der Waals surface area contributed by atoms with Gasteiger partial charge in [0.25, 0.3) is 0 Å². The lowest BCUT2D eigenvalue weighted by molar-refractivity contribution is -0.179. The van der Waals surface area contributed by atoms with Crippen molar-refractivity contribution in [2.45, 2.75) is 62.6 Å². The molecule has 2 N–H and O–H groups in total. The molecule has 6 aromatic carbocycles. The van der Waals surface area contributed by atoms with Gasteiger partial charge in [-0.15, -0.1) is 5.10 Å². The number of methoxy groups -OCH3 is 1. The Hall–Kier alpha value is -9.09. The quantitative estimate of drug-likeness (QED) is 0.0934. The smallest absolute Gasteiger partial charge is 0.329 e. The van der Waals surface area contributed by atoms with Crippen molar-refractivity contribution in [2.24, 2.45) is 11.8 Å². The number of aromatic nitrogens is 3. The van der Waals surface area contributed by atoms with E-state index in [9.17, 15) is 9.90 Å². The van der Waals surface area contributed by atoms with Gasteiger partial charge in [0.2, 0.25) is 18.6 Å². The van der Waals surface area contributed by atoms with Crippen LogP contribution >= 0.6 is 0 Å². The van der Waals surface area contributed by atoms with E-state index < -0.39 is 77.3 Å². The number of nitrogens with zero attached hydrogens (tertiary/aromatic N) is 7. The number of ether oxygens (including phenoxy) is 5. The molecule has 0 bridgehead atoms. The molecular formula is C63H60N8O11. The number of rotatable bonds is 13. The molecule has 1 spiro atoms. The van der Waals surface area contributed by atoms with Crippen LogP contribution in [0.1, 0.15) is 65.4 Å². The monoisotopic (exact) mass is 1100 g/mol. The average molecular weight is 1110 g/mol. The fourth-order valence-electron chi connectivity index (χ4n) is 12.6. The molecule has 12 rings (SSSR count). The number of para-hydroxylation sites is 1. The second-order valence-corrected chi connectivity index (χ2v) is 21.3. The molecule has 0 saturated carbocycles. The highest BCUT2D eigenvalue weighted by Gasteiger charge is 2.76. The Bertz CT molecular complexity index is 3650. The SMILES string of the molecule is COC(=O)[C@@H](NC(=O)N1C(=O)[C@@]2(c3cc(C#CCn4nnc5ccccc54)ccc31)[C@H](c1cccc(OCCO)c1)N1[C@H](c3ccccc3)[C@H](c3ccccc3)OC(=O)[C@H]1[C@@H]2C(=O)N1CCN(Cc2ccc3c(c2)OCO3)CC1)C(C)C. The van der Waals surface area contributed by atoms with Crippen molar-refractivity contribution in [2.75, 3.05) is 58.2 Å². The van der Waals surface area contributed by atoms with Crippen molar-refractivity contribution in [1.82, 2.24) is 35.0 Å². The fourth-order valence-corrected chi connectivity index (χ4v) is 12.6. The molecule has 4 amide bonds. The Morgan fingerprint density at radius 2 is 1.54 bits per heavy atom. The van der Waals surface area contributed by atoms with Crippen molar-refractivity contribution < 1.29 is 52.8 Å². The molecule has 0 unspecified atom stereocenters. The van der Waals surface area contributed by atoms with Gasteiger partial charge in [-0.25, -0.2) is 19.2 Å². The molecule has 3 fully saturated rings. The summed E-state index contributed by atoms with van der Waals surface area (Å²) in [6, 6.07) is 38.7. The highest BCUT2D eigenvalue weighted by Crippen LogP contribution is 2.66. The highest BCUT2D eigenvalue weighted by molar-refractivity contribution is 6.25. The number of urea groups is 1. The van der Waals surface area contributed by atoms with E-state index in [1.807, 2.05) is 114 Å². The summed E-state index contributed by atoms with van der Waals surface area (Å²) < 4.78 is 30.9. The Balaban J connectivity index is 1.07. The Kier molecular flexibility index (Phi) is 14.7. The molecule has 418 valence electrons. The zero-order valence-corrected chi connectivity index (χ0v) is 45.4. The van der Waals surface area contributed by atoms with Crippen LogP contribution in [-0.2, 0) is 47.2 Å². The third kappa shape index (κ3) is 9.51. The number of nitrogens with one attached hydrogen (secondary N) is 1. The number of aliphatic hydroxyl groups excluding tert-OH is 1. The van der Waals surface area contributed by atoms with Crippen LogP contribution in [0.15, 0.2) is 146 Å². The fraction of sp³-hybridized carbons (Fsp3) is 0.317. The highest BCUT2D eigenvalue weighted by atomic mass is 16.7. The number of morpholine rings is 1. The molecule has 82 heavy (non-hydrogen) atoms. The number of benzene rings is 6. The molecule has 0 aliphatic carbocycles. The van der Waals surface area contributed by atoms with Crippen LogP contribution in [0.25, 0.3) is 11.0 Å². The van der Waals surface area contributed by atoms with Crippen molar-refractivity contribution >= 4 is 46.5 Å². The van der Waals surface area contributed by atoms with Crippen LogP contribution in [-0.4, -0.2) is 130 Å². The number of carbonyl (C=O) groups is 5. The van der Waals surface area contributed by atoms with E-state index >= 15 is 19.2 Å². The molecule has 0 radical (unpaired) electrons. The van der Waals surface area contributed by atoms with E-state index in [0.29, 0.717) is 59.1 Å². The summed E-state index contributed by atoms with van der Waals surface area (Å²) in [4.78, 5) is 85.4. The number of hydrogen-bond donors (Lipinski definition) is 2. The minimum absolute atomic E-state index is 0.0538. The summed E-state index contributed by atoms with van der Waals surface area (Å²) in [6.07, 6.45) is -0.971. The first-order chi connectivity index (χ1) is 40.0. The standard InChI is InChI=1S/C63H60N8O11/c1-39(2)53(59(74)78-3)64-62(77)70-48-25-23-40(14-13-27-69-49-22-11-10-21-47(49)65-66-69)34-46(48)63(61(70)76)52(58(73)68-30-28-67(29-31-68)37-41-24-26-50-51(35-41)81-38-80-50)55-60(75)82-56(43-17-8-5-9-18-43)54(42-15-6-4-7-16-42)71(55)57(63)44-19-12-20-45(36-44)79-33-32-72/h4-12,15-26,34-36,39,52-57,72H,27-33,37-38H2,1-3H3,(H,64,77)/t52-,53+,54-,55-,56+,57+,63-/m1/s1. The number of esters is 2. The molecule has 7 atom stereocenters. The van der Waals surface area contributed by atoms with E-state index in [0.717, 1.165) is 21.5 Å². The number of cyclic esters (lactones) is 1. The minimum atomic E-state index is -2.14. The minimum Gasteiger partial charge on any atom is -0.491 e. The van der Waals surface area contributed by atoms with Crippen LogP contribution in [0.4, 0.5) is 10.5 Å². The van der Waals surface area contributed by atoms with Gasteiger partial charge in [0, 0.05) is 38.3 Å². The van der Waals surface area contributed by atoms with Crippen LogP contribution in [0.2, 0.25) is 0 Å². The largest absolute Gasteiger partial charge is 0.491 e.